The molecular formula is C21H26N2O3. The van der Waals surface area contributed by atoms with Gasteiger partial charge < -0.3 is 4.74 Å². The molecule has 0 aromatic heterocycles. The summed E-state index contributed by atoms with van der Waals surface area (Å²) in [5.41, 5.74) is 2.80. The van der Waals surface area contributed by atoms with Gasteiger partial charge in [0.15, 0.2) is 0 Å². The van der Waals surface area contributed by atoms with E-state index in [2.05, 4.69) is 31.0 Å². The molecule has 5 atom stereocenters. The van der Waals surface area contributed by atoms with Crippen LogP contribution in [0.1, 0.15) is 25.3 Å². The molecule has 138 valence electrons. The Morgan fingerprint density at radius 2 is 2.15 bits per heavy atom. The van der Waals surface area contributed by atoms with Gasteiger partial charge in [-0.2, -0.15) is 5.06 Å². The maximum absolute atomic E-state index is 13.6. The molecule has 1 aromatic rings. The van der Waals surface area contributed by atoms with Crippen LogP contribution in [0.4, 0.5) is 5.69 Å². The average molecular weight is 354 g/mol. The van der Waals surface area contributed by atoms with Gasteiger partial charge in [-0.25, -0.2) is 0 Å². The number of fused-ring (bicyclic) bond motifs is 2. The fourth-order valence-corrected chi connectivity index (χ4v) is 6.01. The molecule has 1 aliphatic carbocycles. The van der Waals surface area contributed by atoms with Gasteiger partial charge in [0.1, 0.15) is 5.41 Å². The average Bonchev–Trinajstić information content (AvgIpc) is 2.77. The number of benzene rings is 1. The molecule has 5 nitrogen and oxygen atoms in total. The predicted molar refractivity (Wildman–Crippen MR) is 98.7 cm³/mol. The van der Waals surface area contributed by atoms with E-state index in [-0.39, 0.29) is 12.0 Å². The lowest BCUT2D eigenvalue weighted by Gasteiger charge is -2.46. The highest BCUT2D eigenvalue weighted by Crippen LogP contribution is 2.57. The molecule has 4 bridgehead atoms. The van der Waals surface area contributed by atoms with Crippen molar-refractivity contribution >= 4 is 11.6 Å². The summed E-state index contributed by atoms with van der Waals surface area (Å²) in [7, 11) is 3.77. The minimum absolute atomic E-state index is 0.0369. The molecule has 5 aliphatic rings. The van der Waals surface area contributed by atoms with Gasteiger partial charge in [0.05, 0.1) is 25.5 Å². The van der Waals surface area contributed by atoms with E-state index in [0.29, 0.717) is 17.9 Å². The summed E-state index contributed by atoms with van der Waals surface area (Å²) in [6.45, 7) is 3.88. The maximum atomic E-state index is 13.6. The van der Waals surface area contributed by atoms with Crippen LogP contribution in [0.25, 0.3) is 0 Å². The van der Waals surface area contributed by atoms with Crippen LogP contribution in [0.15, 0.2) is 35.9 Å². The number of rotatable bonds is 1. The Labute approximate surface area is 154 Å². The number of piperidine rings is 1. The minimum Gasteiger partial charge on any atom is -0.376 e. The molecule has 1 amide bonds. The highest BCUT2D eigenvalue weighted by Gasteiger charge is 2.63. The molecule has 1 spiro atoms. The van der Waals surface area contributed by atoms with E-state index in [0.717, 1.165) is 37.2 Å². The van der Waals surface area contributed by atoms with Crippen molar-refractivity contribution < 1.29 is 14.4 Å². The van der Waals surface area contributed by atoms with Crippen LogP contribution in [-0.4, -0.2) is 50.3 Å². The van der Waals surface area contributed by atoms with Crippen LogP contribution in [-0.2, 0) is 19.8 Å². The summed E-state index contributed by atoms with van der Waals surface area (Å²) >= 11 is 0. The Bertz CT molecular complexity index is 791. The van der Waals surface area contributed by atoms with Crippen LogP contribution in [0.2, 0.25) is 0 Å². The summed E-state index contributed by atoms with van der Waals surface area (Å²) in [6.07, 6.45) is 3.91. The summed E-state index contributed by atoms with van der Waals surface area (Å²) in [5.74, 6) is 1.03. The Hall–Kier alpha value is -1.69. The molecule has 5 heteroatoms. The highest BCUT2D eigenvalue weighted by atomic mass is 16.7. The van der Waals surface area contributed by atoms with Crippen molar-refractivity contribution in [2.75, 3.05) is 32.4 Å². The first kappa shape index (κ1) is 16.5. The smallest absolute Gasteiger partial charge is 0.264 e. The molecule has 26 heavy (non-hydrogen) atoms. The van der Waals surface area contributed by atoms with E-state index >= 15 is 0 Å². The maximum Gasteiger partial charge on any atom is 0.264 e. The van der Waals surface area contributed by atoms with Crippen LogP contribution in [0.3, 0.4) is 0 Å². The molecule has 3 saturated heterocycles. The normalized spacial score (nSPS) is 40.3. The Morgan fingerprint density at radius 1 is 1.35 bits per heavy atom. The zero-order valence-electron chi connectivity index (χ0n) is 15.6. The van der Waals surface area contributed by atoms with Crippen LogP contribution >= 0.6 is 0 Å². The number of anilines is 1. The molecule has 0 radical (unpaired) electrons. The van der Waals surface area contributed by atoms with Gasteiger partial charge in [-0.15, -0.1) is 0 Å². The molecule has 0 N–H and O–H groups in total. The van der Waals surface area contributed by atoms with Crippen molar-refractivity contribution in [2.45, 2.75) is 37.3 Å². The van der Waals surface area contributed by atoms with Crippen LogP contribution in [0, 0.1) is 11.8 Å². The molecule has 1 aromatic carbocycles. The lowest BCUT2D eigenvalue weighted by Crippen LogP contribution is -2.50. The molecular weight excluding hydrogens is 328 g/mol. The second-order valence-electron chi connectivity index (χ2n) is 8.15. The zero-order valence-corrected chi connectivity index (χ0v) is 15.6. The molecule has 4 aliphatic heterocycles. The van der Waals surface area contributed by atoms with Crippen molar-refractivity contribution in [2.24, 2.45) is 11.8 Å². The van der Waals surface area contributed by atoms with Crippen molar-refractivity contribution in [3.63, 3.8) is 0 Å². The van der Waals surface area contributed by atoms with Gasteiger partial charge in [0, 0.05) is 18.5 Å². The van der Waals surface area contributed by atoms with Crippen molar-refractivity contribution in [3.05, 3.63) is 41.5 Å². The lowest BCUT2D eigenvalue weighted by atomic mass is 9.72. The van der Waals surface area contributed by atoms with Gasteiger partial charge in [-0.3, -0.25) is 14.5 Å². The summed E-state index contributed by atoms with van der Waals surface area (Å²) in [5, 5.41) is 1.48. The fraction of sp³-hybridized carbons (Fsp3) is 0.571. The van der Waals surface area contributed by atoms with E-state index in [1.165, 1.54) is 10.6 Å². The number of hydroxylamine groups is 1. The zero-order chi connectivity index (χ0) is 18.1. The topological polar surface area (TPSA) is 42.0 Å². The van der Waals surface area contributed by atoms with Gasteiger partial charge in [-0.05, 0) is 44.4 Å². The Morgan fingerprint density at radius 3 is 2.92 bits per heavy atom. The van der Waals surface area contributed by atoms with E-state index in [1.807, 2.05) is 18.2 Å². The number of amides is 1. The first-order valence-electron chi connectivity index (χ1n) is 9.57. The number of carbonyl (C=O) groups excluding carboxylic acids is 1. The quantitative estimate of drug-likeness (QED) is 0.727. The number of allylic oxidation sites excluding steroid dienone is 1. The summed E-state index contributed by atoms with van der Waals surface area (Å²) in [6, 6.07) is 8.42. The molecule has 1 saturated carbocycles. The second-order valence-corrected chi connectivity index (χ2v) is 8.15. The molecule has 2 unspecified atom stereocenters. The number of nitrogens with zero attached hydrogens (tertiary/aromatic N) is 2. The minimum atomic E-state index is -0.641. The molecule has 6 rings (SSSR count). The standard InChI is InChI=1S/C21H26N2O3/c1-4-13-11-22(2)18-10-21(19-9-14(13)15(18)12-26-19)16-7-5-6-8-17(16)23(25-3)20(21)24/h4-8,14-15,18-19H,9-12H2,1-3H3/b13-4+/t14-,15?,18?,19-,21-/m1/s1. The lowest BCUT2D eigenvalue weighted by molar-refractivity contribution is -0.137. The van der Waals surface area contributed by atoms with Gasteiger partial charge >= 0.3 is 0 Å². The monoisotopic (exact) mass is 354 g/mol. The summed E-state index contributed by atoms with van der Waals surface area (Å²) in [4.78, 5) is 21.6. The number of hydrogen-bond acceptors (Lipinski definition) is 4. The van der Waals surface area contributed by atoms with Crippen LogP contribution < -0.4 is 5.06 Å². The first-order chi connectivity index (χ1) is 12.6. The third kappa shape index (κ3) is 1.89. The summed E-state index contributed by atoms with van der Waals surface area (Å²) < 4.78 is 6.38. The van der Waals surface area contributed by atoms with Crippen molar-refractivity contribution in [3.8, 4) is 0 Å². The van der Waals surface area contributed by atoms with E-state index < -0.39 is 5.41 Å². The highest BCUT2D eigenvalue weighted by molar-refractivity contribution is 6.07. The number of carbonyl (C=O) groups is 1. The van der Waals surface area contributed by atoms with Crippen molar-refractivity contribution in [1.82, 2.24) is 4.90 Å². The number of hydrogen-bond donors (Lipinski definition) is 0. The number of likely N-dealkylation sites (tertiary alicyclic amines) is 1. The largest absolute Gasteiger partial charge is 0.376 e. The predicted octanol–water partition coefficient (Wildman–Crippen LogP) is 2.52. The Kier molecular flexibility index (Phi) is 3.58. The van der Waals surface area contributed by atoms with E-state index in [4.69, 9.17) is 9.57 Å². The van der Waals surface area contributed by atoms with Crippen molar-refractivity contribution in [1.29, 1.82) is 0 Å². The van der Waals surface area contributed by atoms with Gasteiger partial charge in [-0.1, -0.05) is 29.8 Å². The molecule has 4 heterocycles. The first-order valence-corrected chi connectivity index (χ1v) is 9.57. The molecule has 4 fully saturated rings. The fourth-order valence-electron chi connectivity index (χ4n) is 6.01. The third-order valence-electron chi connectivity index (χ3n) is 7.25. The van der Waals surface area contributed by atoms with Gasteiger partial charge in [0.25, 0.3) is 5.91 Å². The number of ether oxygens (including phenoxy) is 1. The van der Waals surface area contributed by atoms with Gasteiger partial charge in [0.2, 0.25) is 0 Å². The number of likely N-dealkylation sites (N-methyl/N-ethyl adjacent to an activating group) is 1. The SMILES string of the molecule is C/C=C1\CN(C)C2C[C@]3(C(=O)N(OC)c4ccccc43)[C@H]3C[C@H]1C2CO3. The third-order valence-corrected chi connectivity index (χ3v) is 7.25. The van der Waals surface area contributed by atoms with Crippen LogP contribution in [0.5, 0.6) is 0 Å². The van der Waals surface area contributed by atoms with E-state index in [1.54, 1.807) is 7.11 Å². The Balaban J connectivity index is 1.70. The number of para-hydroxylation sites is 1. The van der Waals surface area contributed by atoms with E-state index in [9.17, 15) is 4.79 Å². The second kappa shape index (κ2) is 5.65.